The topological polar surface area (TPSA) is 72.2 Å². The standard InChI is InChI=1S/C15H23BrN2O2S/c1-10-8-13(16)14(17)9-15(10)21(19,20)18-11(2)12-6-4-3-5-7-12/h8-9,11-12,18H,3-7,17H2,1-2H3. The number of hydrogen-bond acceptors (Lipinski definition) is 3. The van der Waals surface area contributed by atoms with E-state index in [-0.39, 0.29) is 10.9 Å². The Hall–Kier alpha value is -0.590. The lowest BCUT2D eigenvalue weighted by Gasteiger charge is -2.28. The maximum absolute atomic E-state index is 12.6. The number of benzene rings is 1. The average Bonchev–Trinajstić information content (AvgIpc) is 2.43. The number of sulfonamides is 1. The van der Waals surface area contributed by atoms with Gasteiger partial charge in [-0.15, -0.1) is 0 Å². The molecule has 1 aromatic carbocycles. The van der Waals surface area contributed by atoms with E-state index in [1.54, 1.807) is 13.0 Å². The fraction of sp³-hybridized carbons (Fsp3) is 0.600. The maximum atomic E-state index is 12.6. The molecule has 2 rings (SSSR count). The second-order valence-electron chi connectivity index (χ2n) is 5.95. The van der Waals surface area contributed by atoms with Crippen LogP contribution in [0.4, 0.5) is 5.69 Å². The predicted molar refractivity (Wildman–Crippen MR) is 89.6 cm³/mol. The minimum atomic E-state index is -3.53. The smallest absolute Gasteiger partial charge is 0.241 e. The average molecular weight is 375 g/mol. The van der Waals surface area contributed by atoms with Crippen molar-refractivity contribution in [2.45, 2.75) is 56.9 Å². The summed E-state index contributed by atoms with van der Waals surface area (Å²) in [5.41, 5.74) is 6.95. The van der Waals surface area contributed by atoms with Crippen LogP contribution in [0.2, 0.25) is 0 Å². The van der Waals surface area contributed by atoms with Crippen LogP contribution in [0.25, 0.3) is 0 Å². The van der Waals surface area contributed by atoms with Gasteiger partial charge in [-0.3, -0.25) is 0 Å². The molecule has 118 valence electrons. The Morgan fingerprint density at radius 3 is 2.52 bits per heavy atom. The molecular formula is C15H23BrN2O2S. The number of nitrogens with one attached hydrogen (secondary N) is 1. The van der Waals surface area contributed by atoms with Gasteiger partial charge in [0.2, 0.25) is 10.0 Å². The SMILES string of the molecule is Cc1cc(Br)c(N)cc1S(=O)(=O)NC(C)C1CCCCC1. The van der Waals surface area contributed by atoms with Crippen LogP contribution in [0.15, 0.2) is 21.5 Å². The summed E-state index contributed by atoms with van der Waals surface area (Å²) in [5.74, 6) is 0.432. The highest BCUT2D eigenvalue weighted by Crippen LogP contribution is 2.29. The van der Waals surface area contributed by atoms with Gasteiger partial charge in [0.25, 0.3) is 0 Å². The molecule has 1 aliphatic carbocycles. The zero-order chi connectivity index (χ0) is 15.6. The first-order chi connectivity index (χ1) is 9.81. The molecule has 1 atom stereocenters. The van der Waals surface area contributed by atoms with E-state index in [2.05, 4.69) is 20.7 Å². The first kappa shape index (κ1) is 16.8. The summed E-state index contributed by atoms with van der Waals surface area (Å²) in [6.45, 7) is 3.75. The molecule has 1 unspecified atom stereocenters. The molecule has 1 aliphatic rings. The van der Waals surface area contributed by atoms with Crippen LogP contribution in [-0.4, -0.2) is 14.5 Å². The van der Waals surface area contributed by atoms with Gasteiger partial charge in [-0.05, 0) is 66.2 Å². The third kappa shape index (κ3) is 3.99. The number of halogens is 1. The van der Waals surface area contributed by atoms with Crippen molar-refractivity contribution in [1.82, 2.24) is 4.72 Å². The molecule has 0 amide bonds. The third-order valence-electron chi connectivity index (χ3n) is 4.28. The van der Waals surface area contributed by atoms with E-state index >= 15 is 0 Å². The van der Waals surface area contributed by atoms with Gasteiger partial charge in [0.1, 0.15) is 0 Å². The van der Waals surface area contributed by atoms with Crippen molar-refractivity contribution in [1.29, 1.82) is 0 Å². The lowest BCUT2D eigenvalue weighted by atomic mass is 9.85. The summed E-state index contributed by atoms with van der Waals surface area (Å²) < 4.78 is 28.7. The van der Waals surface area contributed by atoms with Crippen molar-refractivity contribution < 1.29 is 8.42 Å². The fourth-order valence-electron chi connectivity index (χ4n) is 3.00. The molecule has 0 spiro atoms. The van der Waals surface area contributed by atoms with Crippen LogP contribution >= 0.6 is 15.9 Å². The molecule has 21 heavy (non-hydrogen) atoms. The highest BCUT2D eigenvalue weighted by atomic mass is 79.9. The monoisotopic (exact) mass is 374 g/mol. The van der Waals surface area contributed by atoms with Crippen molar-refractivity contribution in [2.75, 3.05) is 5.73 Å². The molecule has 6 heteroatoms. The summed E-state index contributed by atoms with van der Waals surface area (Å²) in [5, 5.41) is 0. The normalized spacial score (nSPS) is 18.6. The number of rotatable bonds is 4. The van der Waals surface area contributed by atoms with Crippen molar-refractivity contribution in [2.24, 2.45) is 5.92 Å². The molecule has 4 nitrogen and oxygen atoms in total. The Morgan fingerprint density at radius 1 is 1.29 bits per heavy atom. The van der Waals surface area contributed by atoms with E-state index in [1.165, 1.54) is 25.3 Å². The number of hydrogen-bond donors (Lipinski definition) is 2. The van der Waals surface area contributed by atoms with Gasteiger partial charge in [0.05, 0.1) is 4.90 Å². The summed E-state index contributed by atoms with van der Waals surface area (Å²) in [6, 6.07) is 3.23. The zero-order valence-corrected chi connectivity index (χ0v) is 14.9. The number of anilines is 1. The highest BCUT2D eigenvalue weighted by Gasteiger charge is 2.26. The van der Waals surface area contributed by atoms with E-state index in [4.69, 9.17) is 5.73 Å². The minimum Gasteiger partial charge on any atom is -0.398 e. The molecule has 0 aliphatic heterocycles. The number of nitrogen functional groups attached to an aromatic ring is 1. The van der Waals surface area contributed by atoms with Crippen molar-refractivity contribution >= 4 is 31.6 Å². The Labute approximate surface area is 135 Å². The maximum Gasteiger partial charge on any atom is 0.241 e. The molecule has 0 radical (unpaired) electrons. The summed E-state index contributed by atoms with van der Waals surface area (Å²) >= 11 is 3.32. The molecule has 1 aromatic rings. The first-order valence-electron chi connectivity index (χ1n) is 7.39. The Bertz CT molecular complexity index is 610. The number of nitrogens with two attached hydrogens (primary N) is 1. The van der Waals surface area contributed by atoms with Gasteiger partial charge < -0.3 is 5.73 Å². The van der Waals surface area contributed by atoms with Gasteiger partial charge >= 0.3 is 0 Å². The Morgan fingerprint density at radius 2 is 1.90 bits per heavy atom. The Balaban J connectivity index is 2.20. The van der Waals surface area contributed by atoms with E-state index in [1.807, 2.05) is 6.92 Å². The van der Waals surface area contributed by atoms with E-state index in [0.29, 0.717) is 17.2 Å². The summed E-state index contributed by atoms with van der Waals surface area (Å²) in [7, 11) is -3.53. The van der Waals surface area contributed by atoms with Crippen LogP contribution in [0.3, 0.4) is 0 Å². The molecule has 0 saturated heterocycles. The second kappa shape index (κ2) is 6.67. The van der Waals surface area contributed by atoms with Crippen LogP contribution in [0.5, 0.6) is 0 Å². The van der Waals surface area contributed by atoms with Crippen LogP contribution in [0, 0.1) is 12.8 Å². The van der Waals surface area contributed by atoms with Crippen LogP contribution in [-0.2, 0) is 10.0 Å². The molecule has 0 heterocycles. The summed E-state index contributed by atoms with van der Waals surface area (Å²) in [6.07, 6.45) is 5.86. The van der Waals surface area contributed by atoms with E-state index in [9.17, 15) is 8.42 Å². The van der Waals surface area contributed by atoms with Gasteiger partial charge in [-0.25, -0.2) is 13.1 Å². The molecule has 1 saturated carbocycles. The van der Waals surface area contributed by atoms with E-state index < -0.39 is 10.0 Å². The first-order valence-corrected chi connectivity index (χ1v) is 9.67. The van der Waals surface area contributed by atoms with Gasteiger partial charge in [0.15, 0.2) is 0 Å². The molecule has 0 bridgehead atoms. The van der Waals surface area contributed by atoms with Gasteiger partial charge in [-0.2, -0.15) is 0 Å². The highest BCUT2D eigenvalue weighted by molar-refractivity contribution is 9.10. The summed E-state index contributed by atoms with van der Waals surface area (Å²) in [4.78, 5) is 0.269. The van der Waals surface area contributed by atoms with Crippen molar-refractivity contribution in [3.63, 3.8) is 0 Å². The van der Waals surface area contributed by atoms with Crippen molar-refractivity contribution in [3.8, 4) is 0 Å². The molecule has 3 N–H and O–H groups in total. The Kier molecular flexibility index (Phi) is 5.33. The lowest BCUT2D eigenvalue weighted by molar-refractivity contribution is 0.303. The number of aryl methyl sites for hydroxylation is 1. The quantitative estimate of drug-likeness (QED) is 0.790. The second-order valence-corrected chi connectivity index (χ2v) is 8.48. The molecule has 1 fully saturated rings. The van der Waals surface area contributed by atoms with Crippen LogP contribution < -0.4 is 10.5 Å². The third-order valence-corrected chi connectivity index (χ3v) is 6.67. The van der Waals surface area contributed by atoms with Gasteiger partial charge in [0, 0.05) is 16.2 Å². The van der Waals surface area contributed by atoms with E-state index in [0.717, 1.165) is 17.3 Å². The predicted octanol–water partition coefficient (Wildman–Crippen LogP) is 3.59. The van der Waals surface area contributed by atoms with Gasteiger partial charge in [-0.1, -0.05) is 19.3 Å². The largest absolute Gasteiger partial charge is 0.398 e. The lowest BCUT2D eigenvalue weighted by Crippen LogP contribution is -2.39. The van der Waals surface area contributed by atoms with Crippen molar-refractivity contribution in [3.05, 3.63) is 22.2 Å². The molecular weight excluding hydrogens is 352 g/mol. The fourth-order valence-corrected chi connectivity index (χ4v) is 5.03. The minimum absolute atomic E-state index is 0.0421. The zero-order valence-electron chi connectivity index (χ0n) is 12.5. The molecule has 0 aromatic heterocycles. The van der Waals surface area contributed by atoms with Crippen LogP contribution in [0.1, 0.15) is 44.6 Å².